The van der Waals surface area contributed by atoms with Crippen molar-refractivity contribution < 1.29 is 13.2 Å². The first-order valence-electron chi connectivity index (χ1n) is 5.94. The van der Waals surface area contributed by atoms with Gasteiger partial charge in [-0.25, -0.2) is 4.98 Å². The molecule has 0 unspecified atom stereocenters. The highest BCUT2D eigenvalue weighted by molar-refractivity contribution is 5.77. The van der Waals surface area contributed by atoms with Crippen molar-refractivity contribution in [3.05, 3.63) is 60.3 Å². The van der Waals surface area contributed by atoms with Crippen LogP contribution < -0.4 is 0 Å². The van der Waals surface area contributed by atoms with Crippen LogP contribution in [-0.4, -0.2) is 9.97 Å². The molecule has 0 fully saturated rings. The molecule has 0 bridgehead atoms. The third-order valence-corrected chi connectivity index (χ3v) is 2.96. The van der Waals surface area contributed by atoms with Gasteiger partial charge in [0.25, 0.3) is 0 Å². The fourth-order valence-electron chi connectivity index (χ4n) is 2.04. The summed E-state index contributed by atoms with van der Waals surface area (Å²) in [6, 6.07) is 12.4. The average Bonchev–Trinajstić information content (AvgIpc) is 2.46. The molecular formula is C15H9F3N2. The summed E-state index contributed by atoms with van der Waals surface area (Å²) in [4.78, 5) is 8.41. The number of alkyl halides is 3. The number of rotatable bonds is 1. The summed E-state index contributed by atoms with van der Waals surface area (Å²) >= 11 is 0. The summed E-state index contributed by atoms with van der Waals surface area (Å²) in [5.74, 6) is 0. The Morgan fingerprint density at radius 1 is 0.800 bits per heavy atom. The molecule has 0 saturated heterocycles. The first-order chi connectivity index (χ1) is 9.55. The molecule has 0 aliphatic rings. The van der Waals surface area contributed by atoms with Gasteiger partial charge in [0.1, 0.15) is 0 Å². The van der Waals surface area contributed by atoms with Crippen molar-refractivity contribution in [2.45, 2.75) is 6.18 Å². The predicted octanol–water partition coefficient (Wildman–Crippen LogP) is 4.32. The van der Waals surface area contributed by atoms with Crippen LogP contribution in [0.25, 0.3) is 22.3 Å². The molecule has 0 radical (unpaired) electrons. The Hall–Kier alpha value is -2.43. The van der Waals surface area contributed by atoms with Crippen LogP contribution in [0.1, 0.15) is 5.56 Å². The number of hydrogen-bond acceptors (Lipinski definition) is 2. The quantitative estimate of drug-likeness (QED) is 0.660. The van der Waals surface area contributed by atoms with E-state index in [9.17, 15) is 13.2 Å². The Balaban J connectivity index is 2.21. The van der Waals surface area contributed by atoms with Crippen molar-refractivity contribution in [2.75, 3.05) is 0 Å². The van der Waals surface area contributed by atoms with Crippen molar-refractivity contribution in [3.8, 4) is 11.3 Å². The maximum atomic E-state index is 13.0. The summed E-state index contributed by atoms with van der Waals surface area (Å²) in [5, 5.41) is 0. The van der Waals surface area contributed by atoms with Crippen molar-refractivity contribution in [1.29, 1.82) is 0 Å². The number of aromatic nitrogens is 2. The van der Waals surface area contributed by atoms with Gasteiger partial charge in [-0.2, -0.15) is 13.2 Å². The molecule has 0 spiro atoms. The van der Waals surface area contributed by atoms with Crippen molar-refractivity contribution >= 4 is 11.0 Å². The van der Waals surface area contributed by atoms with E-state index in [0.717, 1.165) is 6.07 Å². The van der Waals surface area contributed by atoms with Crippen LogP contribution in [0.2, 0.25) is 0 Å². The lowest BCUT2D eigenvalue weighted by Gasteiger charge is -2.12. The van der Waals surface area contributed by atoms with Gasteiger partial charge in [-0.05, 0) is 18.2 Å². The SMILES string of the molecule is FC(F)(F)c1ccccc1-c1cnc2ccccc2n1. The van der Waals surface area contributed by atoms with Crippen LogP contribution in [0.4, 0.5) is 13.2 Å². The zero-order valence-corrected chi connectivity index (χ0v) is 10.2. The average molecular weight is 274 g/mol. The molecule has 1 heterocycles. The topological polar surface area (TPSA) is 25.8 Å². The van der Waals surface area contributed by atoms with Crippen LogP contribution >= 0.6 is 0 Å². The summed E-state index contributed by atoms with van der Waals surface area (Å²) in [5.41, 5.74) is 0.780. The minimum Gasteiger partial charge on any atom is -0.252 e. The molecule has 3 rings (SSSR count). The number of benzene rings is 2. The van der Waals surface area contributed by atoms with Gasteiger partial charge >= 0.3 is 6.18 Å². The maximum absolute atomic E-state index is 13.0. The van der Waals surface area contributed by atoms with Crippen molar-refractivity contribution in [2.24, 2.45) is 0 Å². The summed E-state index contributed by atoms with van der Waals surface area (Å²) in [7, 11) is 0. The first-order valence-corrected chi connectivity index (χ1v) is 5.94. The van der Waals surface area contributed by atoms with E-state index < -0.39 is 11.7 Å². The highest BCUT2D eigenvalue weighted by Gasteiger charge is 2.33. The van der Waals surface area contributed by atoms with E-state index in [1.54, 1.807) is 30.3 Å². The van der Waals surface area contributed by atoms with Gasteiger partial charge in [-0.3, -0.25) is 4.98 Å². The lowest BCUT2D eigenvalue weighted by atomic mass is 10.0. The molecule has 2 aromatic carbocycles. The van der Waals surface area contributed by atoms with Crippen LogP contribution in [0, 0.1) is 0 Å². The predicted molar refractivity (Wildman–Crippen MR) is 70.0 cm³/mol. The Morgan fingerprint density at radius 2 is 1.45 bits per heavy atom. The van der Waals surface area contributed by atoms with E-state index in [2.05, 4.69) is 9.97 Å². The number of fused-ring (bicyclic) bond motifs is 1. The van der Waals surface area contributed by atoms with E-state index in [4.69, 9.17) is 0 Å². The standard InChI is InChI=1S/C15H9F3N2/c16-15(17,18)11-6-2-1-5-10(11)14-9-19-12-7-3-4-8-13(12)20-14/h1-9H. The lowest BCUT2D eigenvalue weighted by molar-refractivity contribution is -0.137. The smallest absolute Gasteiger partial charge is 0.252 e. The largest absolute Gasteiger partial charge is 0.417 e. The molecule has 1 aromatic heterocycles. The zero-order chi connectivity index (χ0) is 14.2. The number of hydrogen-bond donors (Lipinski definition) is 0. The fraction of sp³-hybridized carbons (Fsp3) is 0.0667. The number of nitrogens with zero attached hydrogens (tertiary/aromatic N) is 2. The maximum Gasteiger partial charge on any atom is 0.417 e. The second kappa shape index (κ2) is 4.59. The molecule has 20 heavy (non-hydrogen) atoms. The van der Waals surface area contributed by atoms with Gasteiger partial charge in [0.05, 0.1) is 28.5 Å². The van der Waals surface area contributed by atoms with Crippen LogP contribution in [0.3, 0.4) is 0 Å². The van der Waals surface area contributed by atoms with E-state index in [-0.39, 0.29) is 11.3 Å². The van der Waals surface area contributed by atoms with Crippen LogP contribution in [0.5, 0.6) is 0 Å². The monoisotopic (exact) mass is 274 g/mol. The fourth-order valence-corrected chi connectivity index (χ4v) is 2.04. The van der Waals surface area contributed by atoms with Gasteiger partial charge < -0.3 is 0 Å². The Morgan fingerprint density at radius 3 is 2.20 bits per heavy atom. The second-order valence-electron chi connectivity index (χ2n) is 4.29. The third-order valence-electron chi connectivity index (χ3n) is 2.96. The molecule has 100 valence electrons. The number of halogens is 3. The number of para-hydroxylation sites is 2. The molecule has 0 N–H and O–H groups in total. The summed E-state index contributed by atoms with van der Waals surface area (Å²) in [6.07, 6.45) is -3.04. The second-order valence-corrected chi connectivity index (χ2v) is 4.29. The van der Waals surface area contributed by atoms with Crippen LogP contribution in [0.15, 0.2) is 54.7 Å². The Labute approximate surface area is 112 Å². The lowest BCUT2D eigenvalue weighted by Crippen LogP contribution is -2.07. The zero-order valence-electron chi connectivity index (χ0n) is 10.2. The highest BCUT2D eigenvalue weighted by atomic mass is 19.4. The van der Waals surface area contributed by atoms with E-state index in [0.29, 0.717) is 11.0 Å². The molecule has 3 aromatic rings. The Bertz CT molecular complexity index is 766. The van der Waals surface area contributed by atoms with Gasteiger partial charge in [0.2, 0.25) is 0 Å². The van der Waals surface area contributed by atoms with Crippen molar-refractivity contribution in [1.82, 2.24) is 9.97 Å². The summed E-state index contributed by atoms with van der Waals surface area (Å²) < 4.78 is 39.0. The summed E-state index contributed by atoms with van der Waals surface area (Å²) in [6.45, 7) is 0. The normalized spacial score (nSPS) is 11.8. The van der Waals surface area contributed by atoms with Gasteiger partial charge in [-0.1, -0.05) is 30.3 Å². The van der Waals surface area contributed by atoms with Crippen LogP contribution in [-0.2, 0) is 6.18 Å². The molecule has 0 amide bonds. The molecule has 0 aliphatic carbocycles. The highest BCUT2D eigenvalue weighted by Crippen LogP contribution is 2.36. The molecule has 0 atom stereocenters. The molecule has 5 heteroatoms. The van der Waals surface area contributed by atoms with E-state index >= 15 is 0 Å². The molecule has 2 nitrogen and oxygen atoms in total. The molecule has 0 aliphatic heterocycles. The third kappa shape index (κ3) is 2.22. The first kappa shape index (κ1) is 12.6. The van der Waals surface area contributed by atoms with Gasteiger partial charge in [0, 0.05) is 5.56 Å². The van der Waals surface area contributed by atoms with E-state index in [1.807, 2.05) is 0 Å². The van der Waals surface area contributed by atoms with Gasteiger partial charge in [0.15, 0.2) is 0 Å². The van der Waals surface area contributed by atoms with Crippen molar-refractivity contribution in [3.63, 3.8) is 0 Å². The Kier molecular flexibility index (Phi) is 2.89. The minimum atomic E-state index is -4.41. The van der Waals surface area contributed by atoms with Gasteiger partial charge in [-0.15, -0.1) is 0 Å². The van der Waals surface area contributed by atoms with E-state index in [1.165, 1.54) is 18.3 Å². The minimum absolute atomic E-state index is 0.0400. The molecule has 0 saturated carbocycles. The molecular weight excluding hydrogens is 265 g/mol.